The van der Waals surface area contributed by atoms with Gasteiger partial charge in [-0.15, -0.1) is 0 Å². The van der Waals surface area contributed by atoms with Crippen molar-refractivity contribution in [3.05, 3.63) is 30.5 Å². The van der Waals surface area contributed by atoms with Gasteiger partial charge < -0.3 is 4.90 Å². The zero-order chi connectivity index (χ0) is 8.97. The fourth-order valence-electron chi connectivity index (χ4n) is 0.932. The maximum Gasteiger partial charge on any atom is 0.128 e. The summed E-state index contributed by atoms with van der Waals surface area (Å²) in [6.07, 6.45) is 3.63. The first-order valence-corrected chi connectivity index (χ1v) is 4.07. The Kier molecular flexibility index (Phi) is 2.86. The van der Waals surface area contributed by atoms with Crippen LogP contribution >= 0.6 is 0 Å². The van der Waals surface area contributed by atoms with E-state index in [0.29, 0.717) is 0 Å². The molecule has 0 N–H and O–H groups in total. The Balaban J connectivity index is 2.93. The zero-order valence-corrected chi connectivity index (χ0v) is 7.62. The van der Waals surface area contributed by atoms with Gasteiger partial charge in [0.1, 0.15) is 5.82 Å². The quantitative estimate of drug-likeness (QED) is 0.677. The maximum absolute atomic E-state index is 4.24. The van der Waals surface area contributed by atoms with Crippen LogP contribution in [-0.2, 0) is 0 Å². The minimum absolute atomic E-state index is 0.966. The SMILES string of the molecule is C=Cc1ccnc(N(C)CC)c1. The van der Waals surface area contributed by atoms with Gasteiger partial charge in [0.05, 0.1) is 0 Å². The zero-order valence-electron chi connectivity index (χ0n) is 7.62. The summed E-state index contributed by atoms with van der Waals surface area (Å²) in [5.41, 5.74) is 1.11. The number of aromatic nitrogens is 1. The summed E-state index contributed by atoms with van der Waals surface area (Å²) < 4.78 is 0. The van der Waals surface area contributed by atoms with Crippen molar-refractivity contribution < 1.29 is 0 Å². The third kappa shape index (κ3) is 1.84. The molecule has 2 nitrogen and oxygen atoms in total. The van der Waals surface area contributed by atoms with Crippen molar-refractivity contribution in [3.8, 4) is 0 Å². The molecule has 2 heteroatoms. The maximum atomic E-state index is 4.24. The van der Waals surface area contributed by atoms with Crippen molar-refractivity contribution in [2.24, 2.45) is 0 Å². The third-order valence-corrected chi connectivity index (χ3v) is 1.87. The lowest BCUT2D eigenvalue weighted by Crippen LogP contribution is -2.16. The second kappa shape index (κ2) is 3.90. The van der Waals surface area contributed by atoms with E-state index in [0.717, 1.165) is 17.9 Å². The highest BCUT2D eigenvalue weighted by molar-refractivity contribution is 5.52. The van der Waals surface area contributed by atoms with Gasteiger partial charge in [0.2, 0.25) is 0 Å². The van der Waals surface area contributed by atoms with Gasteiger partial charge in [-0.2, -0.15) is 0 Å². The van der Waals surface area contributed by atoms with E-state index < -0.39 is 0 Å². The molecule has 0 spiro atoms. The van der Waals surface area contributed by atoms with Crippen molar-refractivity contribution in [1.82, 2.24) is 4.98 Å². The number of rotatable bonds is 3. The van der Waals surface area contributed by atoms with Crippen LogP contribution in [0.5, 0.6) is 0 Å². The lowest BCUT2D eigenvalue weighted by atomic mass is 10.2. The topological polar surface area (TPSA) is 16.1 Å². The number of hydrogen-bond acceptors (Lipinski definition) is 2. The predicted molar refractivity (Wildman–Crippen MR) is 53.3 cm³/mol. The van der Waals surface area contributed by atoms with E-state index in [9.17, 15) is 0 Å². The summed E-state index contributed by atoms with van der Waals surface area (Å²) in [5, 5.41) is 0. The number of anilines is 1. The van der Waals surface area contributed by atoms with E-state index in [4.69, 9.17) is 0 Å². The lowest BCUT2D eigenvalue weighted by molar-refractivity contribution is 0.938. The summed E-state index contributed by atoms with van der Waals surface area (Å²) in [7, 11) is 2.02. The molecular formula is C10H14N2. The predicted octanol–water partition coefficient (Wildman–Crippen LogP) is 2.18. The largest absolute Gasteiger partial charge is 0.360 e. The normalized spacial score (nSPS) is 9.50. The second-order valence-corrected chi connectivity index (χ2v) is 2.67. The van der Waals surface area contributed by atoms with Gasteiger partial charge in [0, 0.05) is 19.8 Å². The van der Waals surface area contributed by atoms with Crippen LogP contribution in [0.2, 0.25) is 0 Å². The van der Waals surface area contributed by atoms with Crippen molar-refractivity contribution in [2.45, 2.75) is 6.92 Å². The summed E-state index contributed by atoms with van der Waals surface area (Å²) in [4.78, 5) is 6.33. The number of pyridine rings is 1. The molecule has 1 aromatic heterocycles. The van der Waals surface area contributed by atoms with Gasteiger partial charge in [0.25, 0.3) is 0 Å². The highest BCUT2D eigenvalue weighted by Gasteiger charge is 1.98. The molecule has 0 saturated heterocycles. The first-order valence-electron chi connectivity index (χ1n) is 4.07. The second-order valence-electron chi connectivity index (χ2n) is 2.67. The molecule has 0 aromatic carbocycles. The van der Waals surface area contributed by atoms with E-state index in [-0.39, 0.29) is 0 Å². The summed E-state index contributed by atoms with van der Waals surface area (Å²) >= 11 is 0. The van der Waals surface area contributed by atoms with Gasteiger partial charge >= 0.3 is 0 Å². The average Bonchev–Trinajstić information content (AvgIpc) is 2.17. The molecule has 0 radical (unpaired) electrons. The Morgan fingerprint density at radius 3 is 3.00 bits per heavy atom. The first-order chi connectivity index (χ1) is 5.77. The molecule has 1 rings (SSSR count). The van der Waals surface area contributed by atoms with Crippen molar-refractivity contribution >= 4 is 11.9 Å². The molecule has 0 unspecified atom stereocenters. The average molecular weight is 162 g/mol. The lowest BCUT2D eigenvalue weighted by Gasteiger charge is -2.15. The minimum Gasteiger partial charge on any atom is -0.360 e. The van der Waals surface area contributed by atoms with Gasteiger partial charge in [0.15, 0.2) is 0 Å². The molecule has 0 fully saturated rings. The van der Waals surface area contributed by atoms with Crippen LogP contribution < -0.4 is 4.90 Å². The molecule has 0 aliphatic carbocycles. The molecule has 0 amide bonds. The van der Waals surface area contributed by atoms with Crippen LogP contribution in [0.4, 0.5) is 5.82 Å². The van der Waals surface area contributed by atoms with Crippen LogP contribution in [0, 0.1) is 0 Å². The molecule has 1 aromatic rings. The van der Waals surface area contributed by atoms with Crippen molar-refractivity contribution in [3.63, 3.8) is 0 Å². The van der Waals surface area contributed by atoms with Gasteiger partial charge in [-0.25, -0.2) is 4.98 Å². The van der Waals surface area contributed by atoms with E-state index in [1.165, 1.54) is 0 Å². The van der Waals surface area contributed by atoms with Gasteiger partial charge in [-0.3, -0.25) is 0 Å². The van der Waals surface area contributed by atoms with Crippen LogP contribution in [-0.4, -0.2) is 18.6 Å². The van der Waals surface area contributed by atoms with Gasteiger partial charge in [-0.05, 0) is 24.6 Å². The Labute approximate surface area is 73.5 Å². The fourth-order valence-corrected chi connectivity index (χ4v) is 0.932. The molecule has 0 saturated carbocycles. The monoisotopic (exact) mass is 162 g/mol. The number of hydrogen-bond donors (Lipinski definition) is 0. The number of nitrogens with zero attached hydrogens (tertiary/aromatic N) is 2. The minimum atomic E-state index is 0.966. The van der Waals surface area contributed by atoms with Crippen molar-refractivity contribution in [1.29, 1.82) is 0 Å². The van der Waals surface area contributed by atoms with Crippen LogP contribution in [0.1, 0.15) is 12.5 Å². The Morgan fingerprint density at radius 2 is 2.42 bits per heavy atom. The molecule has 0 bridgehead atoms. The Hall–Kier alpha value is -1.31. The summed E-state index contributed by atoms with van der Waals surface area (Å²) in [6.45, 7) is 6.78. The first kappa shape index (κ1) is 8.78. The standard InChI is InChI=1S/C10H14N2/c1-4-9-6-7-11-10(8-9)12(3)5-2/h4,6-8H,1,5H2,2-3H3. The molecule has 0 aliphatic heterocycles. The third-order valence-electron chi connectivity index (χ3n) is 1.87. The highest BCUT2D eigenvalue weighted by atomic mass is 15.1. The van der Waals surface area contributed by atoms with E-state index in [2.05, 4.69) is 23.4 Å². The molecule has 0 aliphatic rings. The van der Waals surface area contributed by atoms with E-state index >= 15 is 0 Å². The van der Waals surface area contributed by atoms with E-state index in [1.807, 2.05) is 25.3 Å². The van der Waals surface area contributed by atoms with Crippen LogP contribution in [0.25, 0.3) is 6.08 Å². The Bertz CT molecular complexity index is 268. The molecule has 1 heterocycles. The summed E-state index contributed by atoms with van der Waals surface area (Å²) in [6, 6.07) is 3.97. The van der Waals surface area contributed by atoms with Crippen LogP contribution in [0.15, 0.2) is 24.9 Å². The molecule has 0 atom stereocenters. The summed E-state index contributed by atoms with van der Waals surface area (Å²) in [5.74, 6) is 0.995. The fraction of sp³-hybridized carbons (Fsp3) is 0.300. The molecule has 12 heavy (non-hydrogen) atoms. The molecule has 64 valence electrons. The smallest absolute Gasteiger partial charge is 0.128 e. The van der Waals surface area contributed by atoms with Gasteiger partial charge in [-0.1, -0.05) is 12.7 Å². The van der Waals surface area contributed by atoms with E-state index in [1.54, 1.807) is 6.20 Å². The van der Waals surface area contributed by atoms with Crippen LogP contribution in [0.3, 0.4) is 0 Å². The van der Waals surface area contributed by atoms with Crippen molar-refractivity contribution in [2.75, 3.05) is 18.5 Å². The Morgan fingerprint density at radius 1 is 1.67 bits per heavy atom. The highest BCUT2D eigenvalue weighted by Crippen LogP contribution is 2.10. The molecular weight excluding hydrogens is 148 g/mol.